The number of phenolic OH excluding ortho intramolecular Hbond substituents is 1. The first kappa shape index (κ1) is 10.7. The van der Waals surface area contributed by atoms with Crippen LogP contribution in [-0.2, 0) is 5.41 Å². The second-order valence-corrected chi connectivity index (χ2v) is 4.89. The molecule has 0 aliphatic rings. The highest BCUT2D eigenvalue weighted by Gasteiger charge is 2.20. The number of hydrogen-bond donors (Lipinski definition) is 2. The van der Waals surface area contributed by atoms with E-state index in [1.165, 1.54) is 0 Å². The van der Waals surface area contributed by atoms with Gasteiger partial charge >= 0.3 is 0 Å². The van der Waals surface area contributed by atoms with Crippen molar-refractivity contribution < 1.29 is 5.11 Å². The maximum atomic E-state index is 10.2. The molecule has 0 saturated carbocycles. The van der Waals surface area contributed by atoms with Gasteiger partial charge in [-0.05, 0) is 17.0 Å². The molecule has 1 aromatic carbocycles. The molecule has 0 saturated heterocycles. The van der Waals surface area contributed by atoms with Gasteiger partial charge in [0, 0.05) is 12.4 Å². The Morgan fingerprint density at radius 2 is 2.00 bits per heavy atom. The van der Waals surface area contributed by atoms with Gasteiger partial charge in [0.2, 0.25) is 0 Å². The molecule has 3 heteroatoms. The summed E-state index contributed by atoms with van der Waals surface area (Å²) < 4.78 is 0. The Bertz CT molecular complexity index is 481. The number of benzene rings is 1. The van der Waals surface area contributed by atoms with E-state index in [0.717, 1.165) is 11.1 Å². The van der Waals surface area contributed by atoms with Crippen molar-refractivity contribution in [2.24, 2.45) is 0 Å². The van der Waals surface area contributed by atoms with Crippen molar-refractivity contribution in [1.82, 2.24) is 9.97 Å². The first-order valence-electron chi connectivity index (χ1n) is 5.32. The Labute approximate surface area is 95.2 Å². The van der Waals surface area contributed by atoms with Crippen LogP contribution in [0, 0.1) is 0 Å². The molecule has 0 spiro atoms. The number of nitrogens with zero attached hydrogens (tertiary/aromatic N) is 1. The van der Waals surface area contributed by atoms with Gasteiger partial charge in [-0.3, -0.25) is 0 Å². The first-order valence-corrected chi connectivity index (χ1v) is 5.32. The molecule has 84 valence electrons. The van der Waals surface area contributed by atoms with E-state index in [1.54, 1.807) is 12.4 Å². The van der Waals surface area contributed by atoms with E-state index in [4.69, 9.17) is 0 Å². The molecule has 0 fully saturated rings. The summed E-state index contributed by atoms with van der Waals surface area (Å²) >= 11 is 0. The normalized spacial score (nSPS) is 11.7. The molecule has 0 unspecified atom stereocenters. The van der Waals surface area contributed by atoms with Crippen LogP contribution in [0.2, 0.25) is 0 Å². The Morgan fingerprint density at radius 3 is 2.56 bits per heavy atom. The predicted molar refractivity (Wildman–Crippen MR) is 64.4 cm³/mol. The van der Waals surface area contributed by atoms with Gasteiger partial charge in [0.05, 0.1) is 5.56 Å². The molecule has 0 atom stereocenters. The van der Waals surface area contributed by atoms with Crippen molar-refractivity contribution in [2.75, 3.05) is 0 Å². The van der Waals surface area contributed by atoms with E-state index in [0.29, 0.717) is 11.6 Å². The van der Waals surface area contributed by atoms with Crippen molar-refractivity contribution in [2.45, 2.75) is 26.2 Å². The molecule has 2 rings (SSSR count). The smallest absolute Gasteiger partial charge is 0.141 e. The fraction of sp³-hybridized carbons (Fsp3) is 0.308. The van der Waals surface area contributed by atoms with Gasteiger partial charge < -0.3 is 10.1 Å². The average molecular weight is 216 g/mol. The molecule has 0 aliphatic carbocycles. The standard InChI is InChI=1S/C13H16N2O/c1-13(2,3)10-6-4-5-9(11(10)16)12-14-7-8-15-12/h4-8,16H,1-3H3,(H,14,15). The second-order valence-electron chi connectivity index (χ2n) is 4.89. The number of para-hydroxylation sites is 1. The molecule has 2 aromatic rings. The van der Waals surface area contributed by atoms with Crippen molar-refractivity contribution in [3.8, 4) is 17.1 Å². The molecule has 3 nitrogen and oxygen atoms in total. The fourth-order valence-corrected chi connectivity index (χ4v) is 1.75. The third-order valence-corrected chi connectivity index (χ3v) is 2.60. The van der Waals surface area contributed by atoms with Crippen LogP contribution in [0.15, 0.2) is 30.6 Å². The van der Waals surface area contributed by atoms with E-state index in [9.17, 15) is 5.11 Å². The van der Waals surface area contributed by atoms with Crippen molar-refractivity contribution in [1.29, 1.82) is 0 Å². The van der Waals surface area contributed by atoms with Crippen LogP contribution >= 0.6 is 0 Å². The number of rotatable bonds is 1. The Hall–Kier alpha value is -1.77. The highest BCUT2D eigenvalue weighted by molar-refractivity contribution is 5.66. The molecule has 0 bridgehead atoms. The second kappa shape index (κ2) is 3.67. The lowest BCUT2D eigenvalue weighted by molar-refractivity contribution is 0.448. The van der Waals surface area contributed by atoms with E-state index < -0.39 is 0 Å². The van der Waals surface area contributed by atoms with Gasteiger partial charge in [-0.2, -0.15) is 0 Å². The molecule has 0 radical (unpaired) electrons. The third kappa shape index (κ3) is 1.81. The van der Waals surface area contributed by atoms with Crippen LogP contribution in [0.25, 0.3) is 11.4 Å². The number of H-pyrrole nitrogens is 1. The molecule has 1 aromatic heterocycles. The summed E-state index contributed by atoms with van der Waals surface area (Å²) in [6, 6.07) is 5.75. The quantitative estimate of drug-likeness (QED) is 0.769. The molecule has 0 aliphatic heterocycles. The van der Waals surface area contributed by atoms with Crippen molar-refractivity contribution >= 4 is 0 Å². The summed E-state index contributed by atoms with van der Waals surface area (Å²) in [4.78, 5) is 7.16. The van der Waals surface area contributed by atoms with Gasteiger partial charge in [-0.15, -0.1) is 0 Å². The Kier molecular flexibility index (Phi) is 2.46. The zero-order chi connectivity index (χ0) is 11.8. The third-order valence-electron chi connectivity index (χ3n) is 2.60. The maximum Gasteiger partial charge on any atom is 0.141 e. The largest absolute Gasteiger partial charge is 0.507 e. The number of aromatic hydroxyl groups is 1. The Morgan fingerprint density at radius 1 is 1.25 bits per heavy atom. The topological polar surface area (TPSA) is 48.9 Å². The van der Waals surface area contributed by atoms with E-state index in [-0.39, 0.29) is 5.41 Å². The van der Waals surface area contributed by atoms with Crippen LogP contribution in [0.3, 0.4) is 0 Å². The average Bonchev–Trinajstić information content (AvgIpc) is 2.69. The monoisotopic (exact) mass is 216 g/mol. The minimum atomic E-state index is -0.0767. The molecule has 0 amide bonds. The number of imidazole rings is 1. The molecule has 16 heavy (non-hydrogen) atoms. The zero-order valence-corrected chi connectivity index (χ0v) is 9.78. The maximum absolute atomic E-state index is 10.2. The lowest BCUT2D eigenvalue weighted by Crippen LogP contribution is -2.11. The lowest BCUT2D eigenvalue weighted by Gasteiger charge is -2.21. The molecule has 1 heterocycles. The number of aromatic amines is 1. The van der Waals surface area contributed by atoms with E-state index >= 15 is 0 Å². The van der Waals surface area contributed by atoms with Gasteiger partial charge in [0.1, 0.15) is 11.6 Å². The molecular weight excluding hydrogens is 200 g/mol. The van der Waals surface area contributed by atoms with E-state index in [1.807, 2.05) is 18.2 Å². The summed E-state index contributed by atoms with van der Waals surface area (Å²) in [5, 5.41) is 10.2. The predicted octanol–water partition coefficient (Wildman–Crippen LogP) is 3.08. The highest BCUT2D eigenvalue weighted by Crippen LogP contribution is 2.36. The number of hydrogen-bond acceptors (Lipinski definition) is 2. The summed E-state index contributed by atoms with van der Waals surface area (Å²) in [7, 11) is 0. The number of phenols is 1. The van der Waals surface area contributed by atoms with Gasteiger partial charge in [0.25, 0.3) is 0 Å². The number of nitrogens with one attached hydrogen (secondary N) is 1. The van der Waals surface area contributed by atoms with Gasteiger partial charge in [-0.25, -0.2) is 4.98 Å². The SMILES string of the molecule is CC(C)(C)c1cccc(-c2ncc[nH]2)c1O. The molecule has 2 N–H and O–H groups in total. The Balaban J connectivity index is 2.58. The minimum absolute atomic E-state index is 0.0767. The van der Waals surface area contributed by atoms with Crippen LogP contribution < -0.4 is 0 Å². The van der Waals surface area contributed by atoms with Crippen molar-refractivity contribution in [3.05, 3.63) is 36.2 Å². The summed E-state index contributed by atoms with van der Waals surface area (Å²) in [5.74, 6) is 1.01. The summed E-state index contributed by atoms with van der Waals surface area (Å²) in [6.45, 7) is 6.23. The summed E-state index contributed by atoms with van der Waals surface area (Å²) in [5.41, 5.74) is 1.60. The fourth-order valence-electron chi connectivity index (χ4n) is 1.75. The lowest BCUT2D eigenvalue weighted by atomic mass is 9.85. The van der Waals surface area contributed by atoms with Crippen molar-refractivity contribution in [3.63, 3.8) is 0 Å². The van der Waals surface area contributed by atoms with Gasteiger partial charge in [-0.1, -0.05) is 32.9 Å². The molecular formula is C13H16N2O. The van der Waals surface area contributed by atoms with Gasteiger partial charge in [0.15, 0.2) is 0 Å². The summed E-state index contributed by atoms with van der Waals surface area (Å²) in [6.07, 6.45) is 3.43. The zero-order valence-electron chi connectivity index (χ0n) is 9.78. The van der Waals surface area contributed by atoms with Crippen LogP contribution in [-0.4, -0.2) is 15.1 Å². The van der Waals surface area contributed by atoms with Crippen LogP contribution in [0.5, 0.6) is 5.75 Å². The number of aromatic nitrogens is 2. The van der Waals surface area contributed by atoms with Crippen LogP contribution in [0.4, 0.5) is 0 Å². The minimum Gasteiger partial charge on any atom is -0.507 e. The van der Waals surface area contributed by atoms with Crippen LogP contribution in [0.1, 0.15) is 26.3 Å². The highest BCUT2D eigenvalue weighted by atomic mass is 16.3. The van der Waals surface area contributed by atoms with E-state index in [2.05, 4.69) is 30.7 Å². The first-order chi connectivity index (χ1) is 7.50.